The van der Waals surface area contributed by atoms with E-state index in [0.717, 1.165) is 18.4 Å². The number of rotatable bonds is 22. The molecule has 1 unspecified atom stereocenters. The van der Waals surface area contributed by atoms with Gasteiger partial charge in [-0.15, -0.1) is 6.58 Å². The molecule has 35 heteroatoms. The van der Waals surface area contributed by atoms with Gasteiger partial charge in [-0.2, -0.15) is 0 Å². The standard InChI is InChI=1S/C78H124O35/c1-12-74(8,98)19-13-14-33(2)63(96)99-31-41-50(87)52(89)62(112-67-57(94)53(90)59(34(3)105-67)109-66-58(95)60(40(82)30-102-66)110-64-54(91)46(83)37(79)27-100-64)70(107-41)113-71(97)78-24-22-72(4,5)26-36(78)35-15-16-44-75(9)20-18-45(73(6,7)43(75)17-21-77(44,11)76(35,10)23-25-78)108-68-56(93)51(88)49(86)42(106-68)32-104-69-61(48(85)39(81)29-103-69)111-65-55(92)47(84)38(80)28-101-65/h12,14-15,34,36-62,64-70,79-95,98H,1,13,16-32H2,2-11H3/b33-14+/t34-,36-,37+,38+,39-,40+,41+,42+,43-,44+,45-,46-,47-,48-,49+,50+,51-,52-,53-,54+,55+,56+,57+,58+,59-,60-,61+,62+,64-,65-,66-,67-,68-,69-,70-,74?,75-,76+,77+,78-/m0/s1. The second-order valence-corrected chi connectivity index (χ2v) is 36.3. The predicted octanol–water partition coefficient (Wildman–Crippen LogP) is -2.76. The maximum Gasteiger partial charge on any atom is 0.333 e. The lowest BCUT2D eigenvalue weighted by atomic mass is 9.33. The van der Waals surface area contributed by atoms with Crippen molar-refractivity contribution >= 4 is 11.9 Å². The van der Waals surface area contributed by atoms with Crippen molar-refractivity contribution in [3.05, 3.63) is 36.0 Å². The highest BCUT2D eigenvalue weighted by atomic mass is 16.8. The van der Waals surface area contributed by atoms with Crippen LogP contribution in [0.4, 0.5) is 0 Å². The Morgan fingerprint density at radius 2 is 1.04 bits per heavy atom. The Hall–Kier alpha value is -3.08. The van der Waals surface area contributed by atoms with Crippen LogP contribution in [0.1, 0.15) is 146 Å². The zero-order chi connectivity index (χ0) is 82.5. The number of allylic oxidation sites excluding steroid dienone is 3. The predicted molar refractivity (Wildman–Crippen MR) is 383 cm³/mol. The Kier molecular flexibility index (Phi) is 27.2. The van der Waals surface area contributed by atoms with Crippen molar-refractivity contribution in [2.75, 3.05) is 39.6 Å². The minimum atomic E-state index is -2.06. The fraction of sp³-hybridized carbons (Fsp3) is 0.897. The Labute approximate surface area is 656 Å². The Morgan fingerprint density at radius 1 is 0.531 bits per heavy atom. The number of hydrogen-bond acceptors (Lipinski definition) is 35. The maximum absolute atomic E-state index is 16.1. The van der Waals surface area contributed by atoms with Crippen LogP contribution in [0.15, 0.2) is 36.0 Å². The number of aliphatic hydroxyl groups is 18. The molecule has 12 aliphatic rings. The van der Waals surface area contributed by atoms with E-state index in [4.69, 9.17) is 71.1 Å². The summed E-state index contributed by atoms with van der Waals surface area (Å²) >= 11 is 0. The molecule has 35 nitrogen and oxygen atoms in total. The average Bonchev–Trinajstić information content (AvgIpc) is 0.674. The zero-order valence-corrected chi connectivity index (χ0v) is 65.9. The van der Waals surface area contributed by atoms with Crippen LogP contribution in [0, 0.1) is 50.2 Å². The van der Waals surface area contributed by atoms with Gasteiger partial charge in [-0.05, 0) is 143 Å². The third-order valence-electron chi connectivity index (χ3n) is 28.2. The minimum Gasteiger partial charge on any atom is -0.459 e. The lowest BCUT2D eigenvalue weighted by Crippen LogP contribution is -2.67. The number of fused-ring (bicyclic) bond motifs is 7. The van der Waals surface area contributed by atoms with Crippen molar-refractivity contribution in [3.8, 4) is 0 Å². The highest BCUT2D eigenvalue weighted by molar-refractivity contribution is 5.87. The van der Waals surface area contributed by atoms with Crippen molar-refractivity contribution in [1.82, 2.24) is 0 Å². The molecule has 4 saturated carbocycles. The summed E-state index contributed by atoms with van der Waals surface area (Å²) in [5.41, 5.74) is -3.12. The van der Waals surface area contributed by atoms with Crippen LogP contribution in [-0.2, 0) is 80.6 Å². The van der Waals surface area contributed by atoms with Gasteiger partial charge in [-0.25, -0.2) is 4.79 Å². The van der Waals surface area contributed by atoms with E-state index in [9.17, 15) is 96.7 Å². The van der Waals surface area contributed by atoms with Gasteiger partial charge in [-0.1, -0.05) is 72.3 Å². The van der Waals surface area contributed by atoms with Gasteiger partial charge in [0.15, 0.2) is 43.8 Å². The molecule has 646 valence electrons. The van der Waals surface area contributed by atoms with Crippen LogP contribution >= 0.6 is 0 Å². The van der Waals surface area contributed by atoms with Crippen molar-refractivity contribution in [1.29, 1.82) is 0 Å². The molecule has 0 spiro atoms. The number of carbonyl (C=O) groups is 2. The van der Waals surface area contributed by atoms with E-state index < -0.39 is 276 Å². The molecular weight excluding hydrogens is 1500 g/mol. The number of ether oxygens (including phenoxy) is 15. The molecular formula is C78H124O35. The minimum absolute atomic E-state index is 0.0369. The van der Waals surface area contributed by atoms with Crippen molar-refractivity contribution in [2.24, 2.45) is 50.2 Å². The molecule has 18 N–H and O–H groups in total. The summed E-state index contributed by atoms with van der Waals surface area (Å²) in [6.45, 7) is 20.8. The first-order chi connectivity index (χ1) is 52.9. The second kappa shape index (κ2) is 34.4. The monoisotopic (exact) mass is 1620 g/mol. The summed E-state index contributed by atoms with van der Waals surface area (Å²) in [4.78, 5) is 29.6. The first-order valence-corrected chi connectivity index (χ1v) is 39.9. The number of aliphatic hydroxyl groups excluding tert-OH is 17. The molecule has 12 rings (SSSR count). The Morgan fingerprint density at radius 3 is 1.69 bits per heavy atom. The van der Waals surface area contributed by atoms with Crippen LogP contribution in [0.25, 0.3) is 0 Å². The molecule has 0 radical (unpaired) electrons. The van der Waals surface area contributed by atoms with E-state index in [1.807, 2.05) is 0 Å². The van der Waals surface area contributed by atoms with Gasteiger partial charge >= 0.3 is 11.9 Å². The van der Waals surface area contributed by atoms with Gasteiger partial charge in [-0.3, -0.25) is 4.79 Å². The molecule has 113 heavy (non-hydrogen) atoms. The highest BCUT2D eigenvalue weighted by Crippen LogP contribution is 2.76. The smallest absolute Gasteiger partial charge is 0.333 e. The lowest BCUT2D eigenvalue weighted by Gasteiger charge is -2.71. The molecule has 0 amide bonds. The average molecular weight is 1620 g/mol. The first-order valence-electron chi connectivity index (χ1n) is 39.9. The van der Waals surface area contributed by atoms with E-state index in [1.165, 1.54) is 19.9 Å². The fourth-order valence-corrected chi connectivity index (χ4v) is 20.7. The van der Waals surface area contributed by atoms with Gasteiger partial charge < -0.3 is 163 Å². The van der Waals surface area contributed by atoms with Crippen LogP contribution in [0.5, 0.6) is 0 Å². The third-order valence-corrected chi connectivity index (χ3v) is 28.2. The summed E-state index contributed by atoms with van der Waals surface area (Å²) in [6, 6.07) is 0. The maximum atomic E-state index is 16.1. The van der Waals surface area contributed by atoms with Gasteiger partial charge in [0.2, 0.25) is 6.29 Å². The number of esters is 2. The van der Waals surface area contributed by atoms with Crippen LogP contribution < -0.4 is 0 Å². The van der Waals surface area contributed by atoms with Gasteiger partial charge in [0.05, 0.1) is 56.3 Å². The fourth-order valence-electron chi connectivity index (χ4n) is 20.7. The van der Waals surface area contributed by atoms with E-state index in [1.54, 1.807) is 13.0 Å². The Bertz CT molecular complexity index is 3330. The van der Waals surface area contributed by atoms with Crippen molar-refractivity contribution < 1.29 is 173 Å². The first kappa shape index (κ1) is 89.2. The highest BCUT2D eigenvalue weighted by Gasteiger charge is 2.71. The van der Waals surface area contributed by atoms with E-state index in [2.05, 4.69) is 61.1 Å². The molecule has 0 aromatic carbocycles. The van der Waals surface area contributed by atoms with Gasteiger partial charge in [0.25, 0.3) is 0 Å². The van der Waals surface area contributed by atoms with Gasteiger partial charge in [0.1, 0.15) is 141 Å². The zero-order valence-electron chi connectivity index (χ0n) is 65.9. The number of hydrogen-bond donors (Lipinski definition) is 18. The summed E-state index contributed by atoms with van der Waals surface area (Å²) in [5, 5.41) is 198. The quantitative estimate of drug-likeness (QED) is 0.0226. The molecule has 11 fully saturated rings. The van der Waals surface area contributed by atoms with Crippen molar-refractivity contribution in [2.45, 2.75) is 349 Å². The summed E-state index contributed by atoms with van der Waals surface area (Å²) < 4.78 is 89.7. The normalized spacial score (nSPS) is 50.6. The molecule has 0 aromatic heterocycles. The van der Waals surface area contributed by atoms with Gasteiger partial charge in [0, 0.05) is 5.57 Å². The molecule has 7 heterocycles. The van der Waals surface area contributed by atoms with Crippen LogP contribution in [0.3, 0.4) is 0 Å². The lowest BCUT2D eigenvalue weighted by molar-refractivity contribution is -0.379. The van der Waals surface area contributed by atoms with E-state index in [0.29, 0.717) is 51.4 Å². The summed E-state index contributed by atoms with van der Waals surface area (Å²) in [7, 11) is 0. The second-order valence-electron chi connectivity index (χ2n) is 36.3. The molecule has 5 aliphatic carbocycles. The van der Waals surface area contributed by atoms with Crippen LogP contribution in [0.2, 0.25) is 0 Å². The van der Waals surface area contributed by atoms with Crippen molar-refractivity contribution in [3.63, 3.8) is 0 Å². The summed E-state index contributed by atoms with van der Waals surface area (Å²) in [5.74, 6) is -1.77. The Balaban J connectivity index is 0.751. The molecule has 7 aliphatic heterocycles. The summed E-state index contributed by atoms with van der Waals surface area (Å²) in [6.07, 6.45) is -40.8. The molecule has 40 atom stereocenters. The topological polar surface area (TPSA) is 537 Å². The third kappa shape index (κ3) is 17.1. The van der Waals surface area contributed by atoms with E-state index >= 15 is 4.79 Å². The molecule has 0 aromatic rings. The molecule has 7 saturated heterocycles. The SMILES string of the molecule is C=CC(C)(O)CC/C=C(\C)C(=O)OC[C@H]1O[C@@H](OC(=O)[C@]23CCC(C)(C)C[C@H]2C2=CC[C@@H]4[C@@]5(C)CC[C@H](O[C@@H]6O[C@H](CO[C@@H]7OC[C@H](O)[C@H](O)[C@H]7O[C@@H]7OC[C@@H](O)[C@H](O)[C@H]7O)[C@@H](O)[C@H](O)[C@H]6O)C(C)(C)[C@@H]5CC[C@@]4(C)[C@]2(C)CC3)[C@H](O[C@@H]2O[C@@H](C)[C@H](O[C@@H]3OC[C@@H](O)[C@H](O[C@@H]4OC[C@@H](O)[C@H](O)[C@H]4O)[C@H]3O)[C@@H](O)[C@H]2O)[C@@H](O)[C@@H]1O. The molecule has 0 bridgehead atoms. The van der Waals surface area contributed by atoms with Crippen LogP contribution in [-0.4, -0.2) is 346 Å². The van der Waals surface area contributed by atoms with E-state index in [-0.39, 0.29) is 46.5 Å². The largest absolute Gasteiger partial charge is 0.459 e. The number of carbonyl (C=O) groups excluding carboxylic acids is 2.